The molecule has 0 saturated heterocycles. The molecular weight excluding hydrogens is 292 g/mol. The Balaban J connectivity index is 2.04. The molecule has 0 spiro atoms. The summed E-state index contributed by atoms with van der Waals surface area (Å²) in [5.74, 6) is -5.23. The number of para-hydroxylation sites is 1. The fourth-order valence-corrected chi connectivity index (χ4v) is 2.28. The first-order valence-corrected chi connectivity index (χ1v) is 6.48. The topological polar surface area (TPSA) is 138 Å². The van der Waals surface area contributed by atoms with Gasteiger partial charge in [-0.05, 0) is 11.6 Å². The predicted octanol–water partition coefficient (Wildman–Crippen LogP) is -2.51. The number of carbonyl (C=O) groups excluding carboxylic acids is 4. The van der Waals surface area contributed by atoms with Crippen LogP contribution in [0.15, 0.2) is 24.3 Å². The fraction of sp³-hybridized carbons (Fsp3) is 0.286. The van der Waals surface area contributed by atoms with E-state index in [1.165, 1.54) is 0 Å². The summed E-state index contributed by atoms with van der Waals surface area (Å²) >= 11 is 0. The van der Waals surface area contributed by atoms with Crippen LogP contribution in [0.3, 0.4) is 0 Å². The van der Waals surface area contributed by atoms with E-state index < -0.39 is 36.2 Å². The van der Waals surface area contributed by atoms with Crippen LogP contribution >= 0.6 is 0 Å². The van der Waals surface area contributed by atoms with Crippen LogP contribution in [0.1, 0.15) is 24.3 Å². The number of benzene rings is 1. The van der Waals surface area contributed by atoms with Crippen molar-refractivity contribution >= 4 is 29.4 Å². The van der Waals surface area contributed by atoms with Gasteiger partial charge in [-0.25, -0.2) is 0 Å². The number of aliphatic carboxylic acids is 2. The van der Waals surface area contributed by atoms with E-state index >= 15 is 0 Å². The van der Waals surface area contributed by atoms with Gasteiger partial charge in [-0.1, -0.05) is 18.2 Å². The molecule has 2 N–H and O–H groups in total. The molecule has 2 rings (SSSR count). The van der Waals surface area contributed by atoms with Crippen molar-refractivity contribution in [1.29, 1.82) is 0 Å². The lowest BCUT2D eigenvalue weighted by Crippen LogP contribution is -2.50. The summed E-state index contributed by atoms with van der Waals surface area (Å²) in [6.07, 6.45) is -1.19. The van der Waals surface area contributed by atoms with Gasteiger partial charge in [0.1, 0.15) is 0 Å². The molecule has 8 nitrogen and oxygen atoms in total. The molecule has 1 aromatic rings. The molecule has 2 amide bonds. The molecule has 0 aromatic heterocycles. The van der Waals surface area contributed by atoms with E-state index in [2.05, 4.69) is 5.32 Å². The maximum Gasteiger partial charge on any atom is 0.232 e. The molecule has 22 heavy (non-hydrogen) atoms. The van der Waals surface area contributed by atoms with Crippen LogP contribution in [0.2, 0.25) is 0 Å². The number of carboxylic acid groups (broad SMARTS) is 2. The summed E-state index contributed by atoms with van der Waals surface area (Å²) in [5, 5.41) is 25.8. The minimum absolute atomic E-state index is 0.292. The second-order valence-corrected chi connectivity index (χ2v) is 4.85. The second-order valence-electron chi connectivity index (χ2n) is 4.85. The van der Waals surface area contributed by atoms with Gasteiger partial charge in [0.2, 0.25) is 11.8 Å². The molecular formula is C14H12N2O6-2. The average Bonchev–Trinajstić information content (AvgIpc) is 2.74. The van der Waals surface area contributed by atoms with E-state index in [1.54, 1.807) is 24.3 Å². The number of rotatable bonds is 6. The summed E-state index contributed by atoms with van der Waals surface area (Å²) in [6, 6.07) is 5.11. The zero-order valence-corrected chi connectivity index (χ0v) is 11.3. The highest BCUT2D eigenvalue weighted by atomic mass is 16.4. The number of amides is 2. The summed E-state index contributed by atoms with van der Waals surface area (Å²) in [5.41, 5.74) is 1.23. The largest absolute Gasteiger partial charge is 0.550 e. The second kappa shape index (κ2) is 6.25. The standard InChI is InChI=1S/C14H14N2O6/c17-11(15-10(14(21)22)6-12(18)19)5-8-7-3-1-2-4-9(7)16-13(8)20/h1-4,8,10H,5-6H2,(H,15,17)(H,16,20)(H,18,19)(H,21,22)/p-2/t8?,10-/m0/s1. The quantitative estimate of drug-likeness (QED) is 0.595. The maximum absolute atomic E-state index is 11.9. The number of nitrogens with one attached hydrogen (secondary N) is 2. The van der Waals surface area contributed by atoms with Crippen LogP contribution in [0.25, 0.3) is 0 Å². The highest BCUT2D eigenvalue weighted by Crippen LogP contribution is 2.34. The van der Waals surface area contributed by atoms with E-state index in [1.807, 2.05) is 5.32 Å². The van der Waals surface area contributed by atoms with Crippen molar-refractivity contribution in [3.63, 3.8) is 0 Å². The predicted molar refractivity (Wildman–Crippen MR) is 69.0 cm³/mol. The molecule has 8 heteroatoms. The third kappa shape index (κ3) is 3.40. The van der Waals surface area contributed by atoms with Crippen molar-refractivity contribution in [2.75, 3.05) is 5.32 Å². The Hall–Kier alpha value is -2.90. The minimum atomic E-state index is -1.73. The number of hydrogen-bond acceptors (Lipinski definition) is 6. The Morgan fingerprint density at radius 3 is 2.55 bits per heavy atom. The molecule has 116 valence electrons. The number of fused-ring (bicyclic) bond motifs is 1. The van der Waals surface area contributed by atoms with Gasteiger partial charge in [0.05, 0.1) is 17.9 Å². The minimum Gasteiger partial charge on any atom is -0.550 e. The van der Waals surface area contributed by atoms with Crippen molar-refractivity contribution in [3.8, 4) is 0 Å². The van der Waals surface area contributed by atoms with Crippen LogP contribution < -0.4 is 20.8 Å². The normalized spacial score (nSPS) is 17.3. The first-order valence-electron chi connectivity index (χ1n) is 6.48. The Bertz CT molecular complexity index is 642. The van der Waals surface area contributed by atoms with Gasteiger partial charge in [0.25, 0.3) is 0 Å². The van der Waals surface area contributed by atoms with Gasteiger partial charge in [-0.3, -0.25) is 9.59 Å². The molecule has 1 unspecified atom stereocenters. The Morgan fingerprint density at radius 2 is 1.91 bits per heavy atom. The molecule has 1 heterocycles. The number of carboxylic acids is 2. The van der Waals surface area contributed by atoms with Gasteiger partial charge in [0.15, 0.2) is 0 Å². The van der Waals surface area contributed by atoms with Crippen LogP contribution in [0.5, 0.6) is 0 Å². The Morgan fingerprint density at radius 1 is 1.23 bits per heavy atom. The lowest BCUT2D eigenvalue weighted by atomic mass is 9.96. The molecule has 0 bridgehead atoms. The molecule has 1 aliphatic rings. The number of carbonyl (C=O) groups is 4. The van der Waals surface area contributed by atoms with E-state index in [0.717, 1.165) is 0 Å². The van der Waals surface area contributed by atoms with Gasteiger partial charge in [-0.15, -0.1) is 0 Å². The first-order chi connectivity index (χ1) is 10.4. The highest BCUT2D eigenvalue weighted by Gasteiger charge is 2.32. The van der Waals surface area contributed by atoms with Crippen LogP contribution in [0, 0.1) is 0 Å². The van der Waals surface area contributed by atoms with E-state index in [4.69, 9.17) is 0 Å². The SMILES string of the molecule is O=C([O-])C[C@H](NC(=O)CC1C(=O)Nc2ccccc21)C(=O)[O-]. The highest BCUT2D eigenvalue weighted by molar-refractivity contribution is 6.05. The smallest absolute Gasteiger partial charge is 0.232 e. The summed E-state index contributed by atoms with van der Waals surface area (Å²) < 4.78 is 0. The van der Waals surface area contributed by atoms with Gasteiger partial charge in [-0.2, -0.15) is 0 Å². The van der Waals surface area contributed by atoms with Gasteiger partial charge in [0, 0.05) is 24.5 Å². The average molecular weight is 304 g/mol. The third-order valence-electron chi connectivity index (χ3n) is 3.29. The zero-order chi connectivity index (χ0) is 16.3. The summed E-state index contributed by atoms with van der Waals surface area (Å²) in [7, 11) is 0. The molecule has 0 aliphatic carbocycles. The fourth-order valence-electron chi connectivity index (χ4n) is 2.28. The van der Waals surface area contributed by atoms with Crippen molar-refractivity contribution in [2.24, 2.45) is 0 Å². The maximum atomic E-state index is 11.9. The van der Waals surface area contributed by atoms with Crippen molar-refractivity contribution in [3.05, 3.63) is 29.8 Å². The van der Waals surface area contributed by atoms with Crippen molar-refractivity contribution < 1.29 is 29.4 Å². The molecule has 0 radical (unpaired) electrons. The van der Waals surface area contributed by atoms with Gasteiger partial charge >= 0.3 is 0 Å². The molecule has 2 atom stereocenters. The van der Waals surface area contributed by atoms with Crippen LogP contribution in [-0.2, 0) is 19.2 Å². The van der Waals surface area contributed by atoms with Crippen molar-refractivity contribution in [1.82, 2.24) is 5.32 Å². The lowest BCUT2D eigenvalue weighted by Gasteiger charge is -2.20. The Labute approximate surface area is 125 Å². The van der Waals surface area contributed by atoms with Crippen LogP contribution in [0.4, 0.5) is 5.69 Å². The monoisotopic (exact) mass is 304 g/mol. The zero-order valence-electron chi connectivity index (χ0n) is 11.3. The lowest BCUT2D eigenvalue weighted by molar-refractivity contribution is -0.317. The van der Waals surface area contributed by atoms with E-state index in [0.29, 0.717) is 11.3 Å². The molecule has 1 aliphatic heterocycles. The van der Waals surface area contributed by atoms with Crippen LogP contribution in [-0.4, -0.2) is 29.8 Å². The summed E-state index contributed by atoms with van der Waals surface area (Å²) in [4.78, 5) is 44.9. The third-order valence-corrected chi connectivity index (χ3v) is 3.29. The van der Waals surface area contributed by atoms with Crippen molar-refractivity contribution in [2.45, 2.75) is 24.8 Å². The Kier molecular flexibility index (Phi) is 4.40. The van der Waals surface area contributed by atoms with E-state index in [-0.39, 0.29) is 12.3 Å². The molecule has 1 aromatic carbocycles. The van der Waals surface area contributed by atoms with Gasteiger partial charge < -0.3 is 30.4 Å². The number of hydrogen-bond donors (Lipinski definition) is 2. The number of anilines is 1. The first kappa shape index (κ1) is 15.5. The molecule has 0 saturated carbocycles. The summed E-state index contributed by atoms with van der Waals surface area (Å²) in [6.45, 7) is 0. The van der Waals surface area contributed by atoms with E-state index in [9.17, 15) is 29.4 Å². The molecule has 0 fully saturated rings.